The number of benzene rings is 1. The Morgan fingerprint density at radius 2 is 1.81 bits per heavy atom. The van der Waals surface area contributed by atoms with Crippen molar-refractivity contribution in [1.82, 2.24) is 4.31 Å². The second kappa shape index (κ2) is 7.52. The highest BCUT2D eigenvalue weighted by atomic mass is 32.2. The monoisotopic (exact) mass is 396 g/mol. The minimum Gasteiger partial charge on any atom is -0.311 e. The Hall–Kier alpha value is -1.05. The van der Waals surface area contributed by atoms with E-state index in [9.17, 15) is 13.2 Å². The summed E-state index contributed by atoms with van der Waals surface area (Å²) < 4.78 is 27.2. The predicted molar refractivity (Wildman–Crippen MR) is 107 cm³/mol. The highest BCUT2D eigenvalue weighted by Gasteiger charge is 2.30. The van der Waals surface area contributed by atoms with Gasteiger partial charge >= 0.3 is 0 Å². The van der Waals surface area contributed by atoms with Gasteiger partial charge in [0.2, 0.25) is 15.9 Å². The molecular formula is C19H28N2O3S2. The molecule has 0 N–H and O–H groups in total. The van der Waals surface area contributed by atoms with E-state index in [0.29, 0.717) is 30.3 Å². The first-order valence-electron chi connectivity index (χ1n) is 9.26. The first-order chi connectivity index (χ1) is 12.2. The zero-order valence-electron chi connectivity index (χ0n) is 15.8. The summed E-state index contributed by atoms with van der Waals surface area (Å²) in [5.41, 5.74) is 1.83. The summed E-state index contributed by atoms with van der Waals surface area (Å²) >= 11 is 1.64. The lowest BCUT2D eigenvalue weighted by atomic mass is 10.0. The number of hydrogen-bond acceptors (Lipinski definition) is 4. The molecule has 5 nitrogen and oxygen atoms in total. The smallest absolute Gasteiger partial charge is 0.243 e. The normalized spacial score (nSPS) is 18.8. The molecule has 0 saturated carbocycles. The Morgan fingerprint density at radius 3 is 2.46 bits per heavy atom. The van der Waals surface area contributed by atoms with Crippen molar-refractivity contribution in [2.24, 2.45) is 0 Å². The number of anilines is 1. The summed E-state index contributed by atoms with van der Waals surface area (Å²) in [4.78, 5) is 14.9. The molecule has 26 heavy (non-hydrogen) atoms. The van der Waals surface area contributed by atoms with Crippen LogP contribution in [0.15, 0.2) is 23.1 Å². The average molecular weight is 397 g/mol. The van der Waals surface area contributed by atoms with Gasteiger partial charge in [0.05, 0.1) is 10.6 Å². The van der Waals surface area contributed by atoms with E-state index in [-0.39, 0.29) is 10.7 Å². The van der Waals surface area contributed by atoms with Crippen LogP contribution in [0.25, 0.3) is 0 Å². The van der Waals surface area contributed by atoms with Gasteiger partial charge in [0.1, 0.15) is 0 Å². The number of carbonyl (C=O) groups excluding carboxylic acids is 1. The van der Waals surface area contributed by atoms with E-state index >= 15 is 0 Å². The van der Waals surface area contributed by atoms with E-state index in [4.69, 9.17) is 0 Å². The molecule has 0 aromatic heterocycles. The maximum atomic E-state index is 12.8. The molecule has 2 aliphatic heterocycles. The van der Waals surface area contributed by atoms with Gasteiger partial charge in [-0.1, -0.05) is 20.8 Å². The lowest BCUT2D eigenvalue weighted by Crippen LogP contribution is -2.37. The second-order valence-electron chi connectivity index (χ2n) is 7.95. The number of nitrogens with zero attached hydrogens (tertiary/aromatic N) is 2. The number of aryl methyl sites for hydroxylation is 1. The Kier molecular flexibility index (Phi) is 5.70. The van der Waals surface area contributed by atoms with Crippen LogP contribution < -0.4 is 4.90 Å². The minimum absolute atomic E-state index is 0.0436. The Balaban J connectivity index is 1.82. The molecule has 1 aromatic rings. The van der Waals surface area contributed by atoms with E-state index in [1.165, 1.54) is 0 Å². The number of rotatable bonds is 4. The molecule has 0 radical (unpaired) electrons. The van der Waals surface area contributed by atoms with Crippen molar-refractivity contribution in [3.8, 4) is 0 Å². The van der Waals surface area contributed by atoms with Gasteiger partial charge in [-0.2, -0.15) is 4.31 Å². The largest absolute Gasteiger partial charge is 0.311 e. The Labute approximate surface area is 161 Å². The van der Waals surface area contributed by atoms with Crippen LogP contribution in [0, 0.1) is 0 Å². The molecule has 0 spiro atoms. The molecule has 144 valence electrons. The molecule has 0 atom stereocenters. The van der Waals surface area contributed by atoms with Crippen LogP contribution in [0.2, 0.25) is 0 Å². The van der Waals surface area contributed by atoms with Gasteiger partial charge in [-0.15, -0.1) is 11.8 Å². The maximum absolute atomic E-state index is 12.8. The average Bonchev–Trinajstić information content (AvgIpc) is 3.13. The van der Waals surface area contributed by atoms with Crippen molar-refractivity contribution < 1.29 is 13.2 Å². The van der Waals surface area contributed by atoms with Crippen LogP contribution in [0.3, 0.4) is 0 Å². The first-order valence-corrected chi connectivity index (χ1v) is 11.7. The van der Waals surface area contributed by atoms with Gasteiger partial charge in [-0.25, -0.2) is 8.42 Å². The third-order valence-electron chi connectivity index (χ3n) is 4.80. The fraction of sp³-hybridized carbons (Fsp3) is 0.632. The zero-order chi connectivity index (χ0) is 18.9. The van der Waals surface area contributed by atoms with Gasteiger partial charge in [-0.05, 0) is 49.4 Å². The quantitative estimate of drug-likeness (QED) is 0.784. The van der Waals surface area contributed by atoms with Crippen LogP contribution in [-0.4, -0.2) is 48.8 Å². The zero-order valence-corrected chi connectivity index (χ0v) is 17.5. The van der Waals surface area contributed by atoms with Crippen molar-refractivity contribution in [2.75, 3.05) is 30.3 Å². The number of hydrogen-bond donors (Lipinski definition) is 0. The molecule has 2 heterocycles. The summed E-state index contributed by atoms with van der Waals surface area (Å²) in [5, 5.41) is 0. The van der Waals surface area contributed by atoms with Gasteiger partial charge < -0.3 is 4.90 Å². The fourth-order valence-corrected chi connectivity index (χ4v) is 5.71. The number of thioether (sulfide) groups is 1. The van der Waals surface area contributed by atoms with Crippen LogP contribution in [0.4, 0.5) is 5.69 Å². The third kappa shape index (κ3) is 4.26. The van der Waals surface area contributed by atoms with Crippen LogP contribution in [-0.2, 0) is 21.2 Å². The standard InChI is InChI=1S/C19H28N2O3S2/c1-19(2,3)25-14-18(22)21-12-6-7-15-13-16(8-9-17(15)21)26(23,24)20-10-4-5-11-20/h8-9,13H,4-7,10-12,14H2,1-3H3. The molecule has 0 aliphatic carbocycles. The van der Waals surface area contributed by atoms with Crippen molar-refractivity contribution in [3.05, 3.63) is 23.8 Å². The van der Waals surface area contributed by atoms with E-state index in [2.05, 4.69) is 20.8 Å². The first kappa shape index (κ1) is 19.7. The number of carbonyl (C=O) groups is 1. The van der Waals surface area contributed by atoms with Gasteiger partial charge in [0, 0.05) is 30.1 Å². The summed E-state index contributed by atoms with van der Waals surface area (Å²) in [6.45, 7) is 8.22. The van der Waals surface area contributed by atoms with E-state index < -0.39 is 10.0 Å². The lowest BCUT2D eigenvalue weighted by Gasteiger charge is -2.31. The molecule has 0 bridgehead atoms. The molecule has 2 aliphatic rings. The van der Waals surface area contributed by atoms with Gasteiger partial charge in [0.25, 0.3) is 0 Å². The molecule has 3 rings (SSSR count). The topological polar surface area (TPSA) is 57.7 Å². The second-order valence-corrected chi connectivity index (χ2v) is 11.7. The van der Waals surface area contributed by atoms with Crippen LogP contribution in [0.5, 0.6) is 0 Å². The number of amides is 1. The van der Waals surface area contributed by atoms with E-state index in [1.54, 1.807) is 28.2 Å². The highest BCUT2D eigenvalue weighted by molar-refractivity contribution is 8.01. The van der Waals surface area contributed by atoms with Crippen molar-refractivity contribution in [1.29, 1.82) is 0 Å². The summed E-state index contributed by atoms with van der Waals surface area (Å²) in [6.07, 6.45) is 3.54. The number of sulfonamides is 1. The molecular weight excluding hydrogens is 368 g/mol. The summed E-state index contributed by atoms with van der Waals surface area (Å²) in [7, 11) is -3.41. The molecule has 1 aromatic carbocycles. The number of fused-ring (bicyclic) bond motifs is 1. The Bertz CT molecular complexity index is 778. The molecule has 1 saturated heterocycles. The van der Waals surface area contributed by atoms with Crippen molar-refractivity contribution in [2.45, 2.75) is 56.1 Å². The third-order valence-corrected chi connectivity index (χ3v) is 7.95. The minimum atomic E-state index is -3.41. The SMILES string of the molecule is CC(C)(C)SCC(=O)N1CCCc2cc(S(=O)(=O)N3CCCC3)ccc21. The molecule has 1 amide bonds. The maximum Gasteiger partial charge on any atom is 0.243 e. The van der Waals surface area contributed by atoms with Crippen molar-refractivity contribution in [3.63, 3.8) is 0 Å². The van der Waals surface area contributed by atoms with Crippen molar-refractivity contribution >= 4 is 33.4 Å². The molecule has 0 unspecified atom stereocenters. The fourth-order valence-electron chi connectivity index (χ4n) is 3.43. The van der Waals surface area contributed by atoms with E-state index in [0.717, 1.165) is 36.9 Å². The van der Waals surface area contributed by atoms with E-state index in [1.807, 2.05) is 11.0 Å². The highest BCUT2D eigenvalue weighted by Crippen LogP contribution is 2.32. The van der Waals surface area contributed by atoms with Crippen LogP contribution >= 0.6 is 11.8 Å². The lowest BCUT2D eigenvalue weighted by molar-refractivity contribution is -0.116. The molecule has 7 heteroatoms. The predicted octanol–water partition coefficient (Wildman–Crippen LogP) is 3.28. The molecule has 1 fully saturated rings. The van der Waals surface area contributed by atoms with Gasteiger partial charge in [0.15, 0.2) is 0 Å². The van der Waals surface area contributed by atoms with Gasteiger partial charge in [-0.3, -0.25) is 4.79 Å². The summed E-state index contributed by atoms with van der Waals surface area (Å²) in [5.74, 6) is 0.539. The Morgan fingerprint density at radius 1 is 1.12 bits per heavy atom. The summed E-state index contributed by atoms with van der Waals surface area (Å²) in [6, 6.07) is 5.26. The van der Waals surface area contributed by atoms with Crippen LogP contribution in [0.1, 0.15) is 45.6 Å².